The monoisotopic (exact) mass is 317 g/mol. The first-order valence-electron chi connectivity index (χ1n) is 7.61. The topological polar surface area (TPSA) is 32.7 Å². The first-order valence-corrected chi connectivity index (χ1v) is 7.98. The van der Waals surface area contributed by atoms with Gasteiger partial charge in [-0.15, -0.1) is 0 Å². The van der Waals surface area contributed by atoms with Gasteiger partial charge in [-0.2, -0.15) is 0 Å². The number of benzene rings is 2. The molecule has 1 N–H and O–H groups in total. The second kappa shape index (κ2) is 7.03. The second-order valence-corrected chi connectivity index (χ2v) is 6.08. The van der Waals surface area contributed by atoms with E-state index >= 15 is 0 Å². The molecule has 0 saturated carbocycles. The van der Waals surface area contributed by atoms with Gasteiger partial charge in [-0.1, -0.05) is 23.7 Å². The van der Waals surface area contributed by atoms with Crippen LogP contribution in [0, 0.1) is 0 Å². The number of anilines is 1. The van der Waals surface area contributed by atoms with Gasteiger partial charge in [-0.05, 0) is 54.8 Å². The average Bonchev–Trinajstić information content (AvgIpc) is 2.56. The second-order valence-electron chi connectivity index (χ2n) is 5.64. The number of rotatable bonds is 4. The fraction of sp³-hybridized carbons (Fsp3) is 0.333. The average molecular weight is 318 g/mol. The lowest BCUT2D eigenvalue weighted by Crippen LogP contribution is -2.36. The van der Waals surface area contributed by atoms with Crippen LogP contribution in [0.4, 0.5) is 5.69 Å². The van der Waals surface area contributed by atoms with Crippen LogP contribution in [0.25, 0.3) is 0 Å². The number of nitrogens with zero attached hydrogens (tertiary/aromatic N) is 1. The van der Waals surface area contributed by atoms with Crippen LogP contribution < -0.4 is 4.90 Å². The Hall–Kier alpha value is -1.71. The van der Waals surface area contributed by atoms with Crippen LogP contribution in [-0.4, -0.2) is 24.3 Å². The SMILES string of the molecule is Oc1ccc(N2CCC(OCc3ccc(Cl)cc3)CC2)cc1. The highest BCUT2D eigenvalue weighted by Crippen LogP contribution is 2.24. The minimum atomic E-state index is 0.309. The quantitative estimate of drug-likeness (QED) is 0.916. The Morgan fingerprint density at radius 2 is 1.64 bits per heavy atom. The van der Waals surface area contributed by atoms with E-state index in [1.807, 2.05) is 36.4 Å². The molecule has 0 unspecified atom stereocenters. The molecule has 0 radical (unpaired) electrons. The summed E-state index contributed by atoms with van der Waals surface area (Å²) in [5, 5.41) is 10.1. The molecule has 1 heterocycles. The van der Waals surface area contributed by atoms with E-state index in [1.54, 1.807) is 12.1 Å². The zero-order valence-electron chi connectivity index (χ0n) is 12.4. The third kappa shape index (κ3) is 3.93. The molecule has 0 aromatic heterocycles. The fourth-order valence-corrected chi connectivity index (χ4v) is 2.86. The Balaban J connectivity index is 1.47. The molecule has 1 saturated heterocycles. The predicted octanol–water partition coefficient (Wildman–Crippen LogP) is 4.23. The van der Waals surface area contributed by atoms with Gasteiger partial charge in [0.2, 0.25) is 0 Å². The number of hydrogen-bond acceptors (Lipinski definition) is 3. The van der Waals surface area contributed by atoms with Gasteiger partial charge in [-0.3, -0.25) is 0 Å². The van der Waals surface area contributed by atoms with Crippen LogP contribution in [0.3, 0.4) is 0 Å². The van der Waals surface area contributed by atoms with E-state index in [0.717, 1.165) is 42.2 Å². The summed E-state index contributed by atoms with van der Waals surface area (Å²) in [5.41, 5.74) is 2.32. The maximum Gasteiger partial charge on any atom is 0.115 e. The molecule has 0 amide bonds. The summed E-state index contributed by atoms with van der Waals surface area (Å²) in [6, 6.07) is 15.2. The molecular formula is C18H20ClNO2. The highest BCUT2D eigenvalue weighted by molar-refractivity contribution is 6.30. The molecule has 2 aromatic rings. The highest BCUT2D eigenvalue weighted by atomic mass is 35.5. The van der Waals surface area contributed by atoms with Crippen molar-refractivity contribution in [2.75, 3.05) is 18.0 Å². The minimum absolute atomic E-state index is 0.309. The van der Waals surface area contributed by atoms with Gasteiger partial charge >= 0.3 is 0 Å². The summed E-state index contributed by atoms with van der Waals surface area (Å²) in [4.78, 5) is 2.33. The molecule has 1 aliphatic rings. The Morgan fingerprint density at radius 3 is 2.27 bits per heavy atom. The molecule has 22 heavy (non-hydrogen) atoms. The van der Waals surface area contributed by atoms with Crippen molar-refractivity contribution in [3.8, 4) is 5.75 Å². The maximum atomic E-state index is 9.35. The first-order chi connectivity index (χ1) is 10.7. The molecule has 3 nitrogen and oxygen atoms in total. The summed E-state index contributed by atoms with van der Waals surface area (Å²) in [7, 11) is 0. The summed E-state index contributed by atoms with van der Waals surface area (Å²) in [5.74, 6) is 0.310. The van der Waals surface area contributed by atoms with Crippen LogP contribution in [0.2, 0.25) is 5.02 Å². The molecule has 2 aromatic carbocycles. The number of hydrogen-bond donors (Lipinski definition) is 1. The standard InChI is InChI=1S/C18H20ClNO2/c19-15-3-1-14(2-4-15)13-22-18-9-11-20(12-10-18)16-5-7-17(21)8-6-16/h1-8,18,21H,9-13H2. The van der Waals surface area contributed by atoms with Crippen molar-refractivity contribution < 1.29 is 9.84 Å². The van der Waals surface area contributed by atoms with E-state index < -0.39 is 0 Å². The van der Waals surface area contributed by atoms with Gasteiger partial charge in [0.25, 0.3) is 0 Å². The first kappa shape index (κ1) is 15.2. The van der Waals surface area contributed by atoms with Crippen molar-refractivity contribution in [1.82, 2.24) is 0 Å². The van der Waals surface area contributed by atoms with Crippen LogP contribution in [0.5, 0.6) is 5.75 Å². The van der Waals surface area contributed by atoms with E-state index in [2.05, 4.69) is 4.90 Å². The third-order valence-electron chi connectivity index (χ3n) is 4.06. The van der Waals surface area contributed by atoms with Crippen molar-refractivity contribution in [3.63, 3.8) is 0 Å². The van der Waals surface area contributed by atoms with E-state index in [9.17, 15) is 5.11 Å². The molecule has 0 atom stereocenters. The number of piperidine rings is 1. The predicted molar refractivity (Wildman–Crippen MR) is 89.6 cm³/mol. The summed E-state index contributed by atoms with van der Waals surface area (Å²) >= 11 is 5.88. The van der Waals surface area contributed by atoms with Gasteiger partial charge in [0.15, 0.2) is 0 Å². The van der Waals surface area contributed by atoms with E-state index in [1.165, 1.54) is 0 Å². The van der Waals surface area contributed by atoms with Crippen molar-refractivity contribution in [1.29, 1.82) is 0 Å². The van der Waals surface area contributed by atoms with Crippen molar-refractivity contribution >= 4 is 17.3 Å². The highest BCUT2D eigenvalue weighted by Gasteiger charge is 2.19. The molecule has 116 valence electrons. The molecule has 1 aliphatic heterocycles. The van der Waals surface area contributed by atoms with Gasteiger partial charge in [-0.25, -0.2) is 0 Å². The number of phenolic OH excluding ortho intramolecular Hbond substituents is 1. The van der Waals surface area contributed by atoms with E-state index in [4.69, 9.17) is 16.3 Å². The Morgan fingerprint density at radius 1 is 1.00 bits per heavy atom. The van der Waals surface area contributed by atoms with E-state index in [0.29, 0.717) is 18.5 Å². The third-order valence-corrected chi connectivity index (χ3v) is 4.31. The van der Waals surface area contributed by atoms with E-state index in [-0.39, 0.29) is 0 Å². The molecule has 0 spiro atoms. The summed E-state index contributed by atoms with van der Waals surface area (Å²) < 4.78 is 6.00. The van der Waals surface area contributed by atoms with Crippen molar-refractivity contribution in [3.05, 3.63) is 59.1 Å². The zero-order valence-corrected chi connectivity index (χ0v) is 13.2. The Bertz CT molecular complexity index is 589. The molecule has 1 fully saturated rings. The summed E-state index contributed by atoms with van der Waals surface area (Å²) in [6.07, 6.45) is 2.35. The minimum Gasteiger partial charge on any atom is -0.508 e. The van der Waals surface area contributed by atoms with Crippen LogP contribution in [0.15, 0.2) is 48.5 Å². The molecule has 0 bridgehead atoms. The van der Waals surface area contributed by atoms with Crippen molar-refractivity contribution in [2.45, 2.75) is 25.6 Å². The van der Waals surface area contributed by atoms with Gasteiger partial charge in [0, 0.05) is 23.8 Å². The number of aromatic hydroxyl groups is 1. The summed E-state index contributed by atoms with van der Waals surface area (Å²) in [6.45, 7) is 2.60. The fourth-order valence-electron chi connectivity index (χ4n) is 2.74. The smallest absolute Gasteiger partial charge is 0.115 e. The number of halogens is 1. The van der Waals surface area contributed by atoms with Crippen molar-refractivity contribution in [2.24, 2.45) is 0 Å². The Kier molecular flexibility index (Phi) is 4.86. The van der Waals surface area contributed by atoms with Crippen LogP contribution in [-0.2, 0) is 11.3 Å². The lowest BCUT2D eigenvalue weighted by molar-refractivity contribution is 0.0251. The van der Waals surface area contributed by atoms with Gasteiger partial charge in [0.1, 0.15) is 5.75 Å². The zero-order chi connectivity index (χ0) is 15.4. The maximum absolute atomic E-state index is 9.35. The Labute approximate surface area is 136 Å². The largest absolute Gasteiger partial charge is 0.508 e. The lowest BCUT2D eigenvalue weighted by atomic mass is 10.1. The number of ether oxygens (including phenoxy) is 1. The normalized spacial score (nSPS) is 16.0. The van der Waals surface area contributed by atoms with Crippen LogP contribution >= 0.6 is 11.6 Å². The molecule has 3 rings (SSSR count). The molecule has 0 aliphatic carbocycles. The number of phenols is 1. The van der Waals surface area contributed by atoms with Crippen LogP contribution in [0.1, 0.15) is 18.4 Å². The molecule has 4 heteroatoms. The molecular weight excluding hydrogens is 298 g/mol. The van der Waals surface area contributed by atoms with Gasteiger partial charge < -0.3 is 14.7 Å². The van der Waals surface area contributed by atoms with Gasteiger partial charge in [0.05, 0.1) is 12.7 Å². The lowest BCUT2D eigenvalue weighted by Gasteiger charge is -2.33.